The monoisotopic (exact) mass is 616 g/mol. The number of primary amides is 1. The molecule has 13 nitrogen and oxygen atoms in total. The standard InChI is InChI=1S/C31H45N5O8/c1-20(2)28(35-26(39)9-5-4-6-15-36-27(40)16-21(3)30(36)42)25(38)17-23(8-7-14-33-31(32)43)29(41)34-24-12-10-22(11-13-24)18-44-19-37/h10-13,19-21,23,28H,4-9,14-18H2,1-3H3,(H,34,41)(H,35,39)(H3,32,33,43)/t21?,23-,28+/m1/s1/i19D. The summed E-state index contributed by atoms with van der Waals surface area (Å²) in [6, 6.07) is 4.97. The van der Waals surface area contributed by atoms with Crippen molar-refractivity contribution >= 4 is 47.6 Å². The molecule has 0 saturated carbocycles. The molecular formula is C31H45N5O8. The number of amides is 6. The van der Waals surface area contributed by atoms with Crippen molar-refractivity contribution in [1.29, 1.82) is 0 Å². The lowest BCUT2D eigenvalue weighted by Gasteiger charge is -2.24. The van der Waals surface area contributed by atoms with E-state index in [1.54, 1.807) is 45.0 Å². The molecule has 0 aromatic heterocycles. The Balaban J connectivity index is 1.93. The molecule has 2 rings (SSSR count). The molecule has 0 radical (unpaired) electrons. The quantitative estimate of drug-likeness (QED) is 0.103. The van der Waals surface area contributed by atoms with E-state index < -0.39 is 30.3 Å². The maximum atomic E-state index is 13.4. The SMILES string of the molecule is [2H]C(=O)OCc1ccc(NC(=O)[C@H](CCCNC(N)=O)CC(=O)[C@@H](NC(=O)CCCCCN2C(=O)CC(C)C2=O)C(C)C)cc1. The van der Waals surface area contributed by atoms with E-state index in [-0.39, 0.29) is 74.2 Å². The van der Waals surface area contributed by atoms with E-state index in [2.05, 4.69) is 20.7 Å². The molecule has 13 heteroatoms. The minimum absolute atomic E-state index is 0.0805. The average molecular weight is 617 g/mol. The van der Waals surface area contributed by atoms with Crippen LogP contribution in [-0.2, 0) is 40.1 Å². The fraction of sp³-hybridized carbons (Fsp3) is 0.581. The first kappa shape index (κ1) is 34.2. The Kier molecular flexibility index (Phi) is 14.3. The van der Waals surface area contributed by atoms with Crippen LogP contribution in [0.2, 0.25) is 0 Å². The number of nitrogens with zero attached hydrogens (tertiary/aromatic N) is 1. The average Bonchev–Trinajstić information content (AvgIpc) is 3.21. The van der Waals surface area contributed by atoms with Crippen molar-refractivity contribution in [3.8, 4) is 0 Å². The van der Waals surface area contributed by atoms with E-state index in [1.165, 1.54) is 4.90 Å². The number of likely N-dealkylation sites (tertiary alicyclic amines) is 1. The normalized spacial score (nSPS) is 16.2. The predicted octanol–water partition coefficient (Wildman–Crippen LogP) is 2.42. The number of ether oxygens (including phenoxy) is 1. The van der Waals surface area contributed by atoms with E-state index in [0.29, 0.717) is 43.5 Å². The number of carbonyl (C=O) groups excluding carboxylic acids is 7. The lowest BCUT2D eigenvalue weighted by molar-refractivity contribution is -0.139. The fourth-order valence-corrected chi connectivity index (χ4v) is 4.98. The molecule has 3 atom stereocenters. The summed E-state index contributed by atoms with van der Waals surface area (Å²) in [7, 11) is 0. The van der Waals surface area contributed by atoms with Crippen molar-refractivity contribution in [3.05, 3.63) is 29.8 Å². The van der Waals surface area contributed by atoms with Gasteiger partial charge in [0.1, 0.15) is 6.61 Å². The van der Waals surface area contributed by atoms with Gasteiger partial charge in [0, 0.05) is 49.9 Å². The van der Waals surface area contributed by atoms with E-state index in [4.69, 9.17) is 7.10 Å². The number of rotatable bonds is 19. The van der Waals surface area contributed by atoms with Gasteiger partial charge in [0.15, 0.2) is 7.15 Å². The summed E-state index contributed by atoms with van der Waals surface area (Å²) in [5, 5.41) is 8.06. The van der Waals surface area contributed by atoms with E-state index in [1.807, 2.05) is 0 Å². The zero-order valence-corrected chi connectivity index (χ0v) is 25.7. The molecule has 44 heavy (non-hydrogen) atoms. The molecule has 1 unspecified atom stereocenters. The second-order valence-electron chi connectivity index (χ2n) is 11.4. The fourth-order valence-electron chi connectivity index (χ4n) is 4.98. The molecule has 5 N–H and O–H groups in total. The van der Waals surface area contributed by atoms with Gasteiger partial charge in [-0.05, 0) is 49.3 Å². The first-order chi connectivity index (χ1) is 21.3. The smallest absolute Gasteiger partial charge is 0.312 e. The number of imide groups is 1. The number of unbranched alkanes of at least 4 members (excludes halogenated alkanes) is 2. The lowest BCUT2D eigenvalue weighted by atomic mass is 9.89. The Morgan fingerprint density at radius 3 is 2.41 bits per heavy atom. The topological polar surface area (TPSA) is 194 Å². The van der Waals surface area contributed by atoms with Gasteiger partial charge >= 0.3 is 6.03 Å². The van der Waals surface area contributed by atoms with E-state index in [0.717, 1.165) is 0 Å². The minimum Gasteiger partial charge on any atom is -0.463 e. The molecule has 1 heterocycles. The molecule has 6 amide bonds. The van der Waals surface area contributed by atoms with Gasteiger partial charge in [0.05, 0.1) is 6.04 Å². The highest BCUT2D eigenvalue weighted by molar-refractivity contribution is 6.03. The van der Waals surface area contributed by atoms with Gasteiger partial charge < -0.3 is 26.4 Å². The van der Waals surface area contributed by atoms with Gasteiger partial charge in [0.2, 0.25) is 23.6 Å². The number of Topliss-reactive ketones (excluding diaryl/α,β-unsaturated/α-hetero) is 1. The van der Waals surface area contributed by atoms with Crippen LogP contribution in [0.25, 0.3) is 0 Å². The van der Waals surface area contributed by atoms with Gasteiger partial charge in [-0.3, -0.25) is 33.7 Å². The summed E-state index contributed by atoms with van der Waals surface area (Å²) in [5.74, 6) is -2.61. The Morgan fingerprint density at radius 2 is 1.82 bits per heavy atom. The van der Waals surface area contributed by atoms with Crippen LogP contribution in [0.4, 0.5) is 10.5 Å². The Labute approximate surface area is 259 Å². The number of anilines is 1. The van der Waals surface area contributed by atoms with Crippen LogP contribution in [0.5, 0.6) is 0 Å². The second kappa shape index (κ2) is 18.4. The van der Waals surface area contributed by atoms with Crippen molar-refractivity contribution < 1.29 is 39.7 Å². The highest BCUT2D eigenvalue weighted by atomic mass is 16.5. The summed E-state index contributed by atoms with van der Waals surface area (Å²) in [4.78, 5) is 86.4. The molecule has 1 fully saturated rings. The third-order valence-electron chi connectivity index (χ3n) is 7.45. The van der Waals surface area contributed by atoms with Crippen LogP contribution in [-0.4, -0.2) is 65.9 Å². The van der Waals surface area contributed by atoms with Crippen LogP contribution < -0.4 is 21.7 Å². The van der Waals surface area contributed by atoms with E-state index >= 15 is 0 Å². The molecule has 1 aromatic rings. The summed E-state index contributed by atoms with van der Waals surface area (Å²) in [5.41, 5.74) is 6.21. The third-order valence-corrected chi connectivity index (χ3v) is 7.45. The van der Waals surface area contributed by atoms with Gasteiger partial charge in [-0.1, -0.05) is 39.3 Å². The van der Waals surface area contributed by atoms with Crippen LogP contribution in [0, 0.1) is 17.8 Å². The van der Waals surface area contributed by atoms with Crippen LogP contribution in [0.1, 0.15) is 79.1 Å². The minimum atomic E-state index is -1.15. The molecule has 1 aliphatic heterocycles. The van der Waals surface area contributed by atoms with Crippen LogP contribution in [0.3, 0.4) is 0 Å². The van der Waals surface area contributed by atoms with Gasteiger partial charge in [-0.15, -0.1) is 0 Å². The number of urea groups is 1. The highest BCUT2D eigenvalue weighted by Gasteiger charge is 2.35. The number of nitrogens with one attached hydrogen (secondary N) is 3. The van der Waals surface area contributed by atoms with Crippen molar-refractivity contribution in [2.45, 2.75) is 84.8 Å². The van der Waals surface area contributed by atoms with Crippen molar-refractivity contribution in [2.75, 3.05) is 18.4 Å². The zero-order chi connectivity index (χ0) is 33.5. The summed E-state index contributed by atoms with van der Waals surface area (Å²) in [6.45, 7) is 5.82. The molecule has 1 aromatic carbocycles. The summed E-state index contributed by atoms with van der Waals surface area (Å²) >= 11 is 0. The first-order valence-electron chi connectivity index (χ1n) is 15.5. The molecular weight excluding hydrogens is 570 g/mol. The maximum absolute atomic E-state index is 13.4. The largest absolute Gasteiger partial charge is 0.463 e. The van der Waals surface area contributed by atoms with Gasteiger partial charge in [0.25, 0.3) is 6.45 Å². The Hall–Kier alpha value is -4.29. The molecule has 0 spiro atoms. The van der Waals surface area contributed by atoms with E-state index in [9.17, 15) is 33.6 Å². The van der Waals surface area contributed by atoms with Crippen molar-refractivity contribution in [2.24, 2.45) is 23.5 Å². The Bertz CT molecular complexity index is 1220. The molecule has 0 bridgehead atoms. The molecule has 242 valence electrons. The third kappa shape index (κ3) is 12.1. The number of ketones is 1. The summed E-state index contributed by atoms with van der Waals surface area (Å²) < 4.78 is 11.5. The van der Waals surface area contributed by atoms with Gasteiger partial charge in [-0.25, -0.2) is 4.79 Å². The number of benzene rings is 1. The first-order valence-corrected chi connectivity index (χ1v) is 15.0. The molecule has 1 saturated heterocycles. The lowest BCUT2D eigenvalue weighted by Crippen LogP contribution is -2.45. The highest BCUT2D eigenvalue weighted by Crippen LogP contribution is 2.21. The number of hydrogen-bond donors (Lipinski definition) is 4. The number of nitrogens with two attached hydrogens (primary N) is 1. The maximum Gasteiger partial charge on any atom is 0.312 e. The Morgan fingerprint density at radius 1 is 1.11 bits per heavy atom. The molecule has 0 aliphatic carbocycles. The number of carbonyl (C=O) groups is 7. The van der Waals surface area contributed by atoms with Crippen LogP contribution >= 0.6 is 0 Å². The zero-order valence-electron chi connectivity index (χ0n) is 26.7. The molecule has 1 aliphatic rings. The van der Waals surface area contributed by atoms with Gasteiger partial charge in [-0.2, -0.15) is 0 Å². The van der Waals surface area contributed by atoms with Crippen molar-refractivity contribution in [3.63, 3.8) is 0 Å². The van der Waals surface area contributed by atoms with Crippen LogP contribution in [0.15, 0.2) is 24.3 Å². The van der Waals surface area contributed by atoms with Crippen molar-refractivity contribution in [1.82, 2.24) is 15.5 Å². The summed E-state index contributed by atoms with van der Waals surface area (Å²) in [6.07, 6.45) is 1.53. The number of hydrogen-bond acceptors (Lipinski definition) is 8. The second-order valence-corrected chi connectivity index (χ2v) is 11.4. The predicted molar refractivity (Wildman–Crippen MR) is 162 cm³/mol.